The van der Waals surface area contributed by atoms with Crippen molar-refractivity contribution in [1.82, 2.24) is 0 Å². The van der Waals surface area contributed by atoms with E-state index in [0.717, 1.165) is 0 Å². The highest BCUT2D eigenvalue weighted by atomic mass is 35.5. The molecule has 1 saturated heterocycles. The molecule has 0 spiro atoms. The number of carbonyl (C=O) groups is 4. The van der Waals surface area contributed by atoms with Crippen LogP contribution < -0.4 is 5.22 Å². The maximum atomic E-state index is 12.8. The Morgan fingerprint density at radius 2 is 1.43 bits per heavy atom. The van der Waals surface area contributed by atoms with E-state index >= 15 is 0 Å². The van der Waals surface area contributed by atoms with Crippen molar-refractivity contribution in [2.75, 3.05) is 0 Å². The van der Waals surface area contributed by atoms with Gasteiger partial charge in [0, 0.05) is 57.9 Å². The van der Waals surface area contributed by atoms with Crippen LogP contribution in [0, 0.1) is 5.92 Å². The lowest BCUT2D eigenvalue weighted by molar-refractivity contribution is -0.164. The summed E-state index contributed by atoms with van der Waals surface area (Å²) in [7, 11) is 0. The molecule has 4 aliphatic rings. The van der Waals surface area contributed by atoms with Crippen LogP contribution in [-0.4, -0.2) is 23.9 Å². The number of rotatable bonds is 0. The number of cyclic esters (lactones) is 4. The van der Waals surface area contributed by atoms with Crippen LogP contribution >= 0.6 is 46.4 Å². The Labute approximate surface area is 215 Å². The first-order valence-corrected chi connectivity index (χ1v) is 11.8. The second kappa shape index (κ2) is 6.45. The third-order valence-corrected chi connectivity index (χ3v) is 8.57. The maximum absolute atomic E-state index is 12.8. The van der Waals surface area contributed by atoms with Crippen molar-refractivity contribution in [2.24, 2.45) is 5.92 Å². The van der Waals surface area contributed by atoms with E-state index in [1.54, 1.807) is 6.92 Å². The summed E-state index contributed by atoms with van der Waals surface area (Å²) in [5.41, 5.74) is 0.176. The van der Waals surface area contributed by atoms with Crippen molar-refractivity contribution in [2.45, 2.75) is 12.3 Å². The van der Waals surface area contributed by atoms with Crippen LogP contribution in [0.4, 0.5) is 0 Å². The average molecular weight is 546 g/mol. The van der Waals surface area contributed by atoms with Gasteiger partial charge in [0.2, 0.25) is 0 Å². The number of benzene rings is 3. The summed E-state index contributed by atoms with van der Waals surface area (Å²) in [6, 6.07) is 2.83. The summed E-state index contributed by atoms with van der Waals surface area (Å²) < 4.78 is 9.87. The second-order valence-electron chi connectivity index (χ2n) is 8.92. The molecule has 0 N–H and O–H groups in total. The van der Waals surface area contributed by atoms with E-state index in [1.165, 1.54) is 24.3 Å². The van der Waals surface area contributed by atoms with Gasteiger partial charge in [0.05, 0.1) is 22.6 Å². The Morgan fingerprint density at radius 3 is 2.09 bits per heavy atom. The molecule has 0 radical (unpaired) electrons. The van der Waals surface area contributed by atoms with E-state index in [9.17, 15) is 19.2 Å². The van der Waals surface area contributed by atoms with Crippen LogP contribution in [0.25, 0.3) is 31.6 Å². The van der Waals surface area contributed by atoms with Gasteiger partial charge in [-0.2, -0.15) is 0 Å². The molecule has 6 nitrogen and oxygen atoms in total. The van der Waals surface area contributed by atoms with Crippen LogP contribution in [0.3, 0.4) is 0 Å². The molecule has 2 aliphatic heterocycles. The Morgan fingerprint density at radius 1 is 0.800 bits per heavy atom. The van der Waals surface area contributed by atoms with Crippen molar-refractivity contribution in [1.29, 1.82) is 0 Å². The van der Waals surface area contributed by atoms with E-state index in [0.29, 0.717) is 37.9 Å². The first kappa shape index (κ1) is 21.4. The standard InChI is InChI=1S/C25H8Cl4O6/c1-25-8-4-12(28)17-15-10(26)2-6-14-7(22(31)34-21(6)30)3-11(27)16(19(14)15)18(20(17)25)13(29)5-9(25)24(33)35-23(8)32/h2-5,8H,1H3. The zero-order valence-electron chi connectivity index (χ0n) is 17.3. The van der Waals surface area contributed by atoms with Gasteiger partial charge in [0.1, 0.15) is 0 Å². The van der Waals surface area contributed by atoms with Crippen LogP contribution in [0.2, 0.25) is 10.0 Å². The normalized spacial score (nSPS) is 24.4. The smallest absolute Gasteiger partial charge is 0.346 e. The number of esters is 4. The van der Waals surface area contributed by atoms with Gasteiger partial charge in [-0.3, -0.25) is 4.79 Å². The Hall–Kier alpha value is -2.90. The SMILES string of the molecule is CC12C3=CC(Cl)=c4c1c(c1c(Cl)cc5c6c(cc(Cl)c4c61)C(=O)OC5=O)C(Cl)=CC2C(=O)OC3=O. The van der Waals surface area contributed by atoms with E-state index < -0.39 is 35.2 Å². The van der Waals surface area contributed by atoms with Crippen molar-refractivity contribution in [3.05, 3.63) is 67.4 Å². The molecular weight excluding hydrogens is 538 g/mol. The van der Waals surface area contributed by atoms with E-state index in [-0.39, 0.29) is 36.8 Å². The van der Waals surface area contributed by atoms with Gasteiger partial charge in [-0.15, -0.1) is 0 Å². The van der Waals surface area contributed by atoms with Gasteiger partial charge in [-0.25, -0.2) is 14.4 Å². The molecule has 10 heteroatoms. The fraction of sp³-hybridized carbons (Fsp3) is 0.120. The Bertz CT molecular complexity index is 1810. The molecule has 3 aromatic carbocycles. The zero-order valence-corrected chi connectivity index (χ0v) is 20.4. The molecule has 0 bridgehead atoms. The fourth-order valence-corrected chi connectivity index (χ4v) is 7.14. The second-order valence-corrected chi connectivity index (χ2v) is 10.6. The van der Waals surface area contributed by atoms with Gasteiger partial charge < -0.3 is 9.47 Å². The van der Waals surface area contributed by atoms with Gasteiger partial charge >= 0.3 is 23.9 Å². The fourth-order valence-electron chi connectivity index (χ4n) is 5.93. The molecule has 172 valence electrons. The molecule has 3 aromatic rings. The number of hydrogen-bond acceptors (Lipinski definition) is 6. The molecule has 2 heterocycles. The first-order chi connectivity index (χ1) is 16.6. The van der Waals surface area contributed by atoms with E-state index in [4.69, 9.17) is 55.9 Å². The summed E-state index contributed by atoms with van der Waals surface area (Å²) in [5.74, 6) is -4.12. The van der Waals surface area contributed by atoms with Crippen molar-refractivity contribution < 1.29 is 28.7 Å². The van der Waals surface area contributed by atoms with Gasteiger partial charge in [0.25, 0.3) is 0 Å². The van der Waals surface area contributed by atoms with Crippen LogP contribution in [-0.2, 0) is 24.5 Å². The number of hydrogen-bond donors (Lipinski definition) is 0. The number of carbonyl (C=O) groups excluding carboxylic acids is 4. The minimum atomic E-state index is -1.17. The maximum Gasteiger partial charge on any atom is 0.346 e. The molecule has 35 heavy (non-hydrogen) atoms. The molecule has 1 fully saturated rings. The molecule has 2 atom stereocenters. The lowest BCUT2D eigenvalue weighted by atomic mass is 9.59. The molecular formula is C25H8Cl4O6. The molecule has 2 unspecified atom stereocenters. The number of allylic oxidation sites excluding steroid dienone is 1. The topological polar surface area (TPSA) is 86.7 Å². The minimum absolute atomic E-state index is 0.102. The lowest BCUT2D eigenvalue weighted by Crippen LogP contribution is -2.52. The molecule has 0 aromatic heterocycles. The summed E-state index contributed by atoms with van der Waals surface area (Å²) in [5, 5.41) is 2.67. The summed E-state index contributed by atoms with van der Waals surface area (Å²) in [6.45, 7) is 1.75. The Balaban J connectivity index is 1.86. The van der Waals surface area contributed by atoms with Crippen LogP contribution in [0.5, 0.6) is 0 Å². The number of ether oxygens (including phenoxy) is 2. The quantitative estimate of drug-likeness (QED) is 0.286. The Kier molecular flexibility index (Phi) is 3.94. The predicted octanol–water partition coefficient (Wildman–Crippen LogP) is 5.17. The summed E-state index contributed by atoms with van der Waals surface area (Å²) in [6.07, 6.45) is 2.99. The van der Waals surface area contributed by atoms with E-state index in [2.05, 4.69) is 0 Å². The largest absolute Gasteiger partial charge is 0.389 e. The number of fused-ring (bicyclic) bond motifs is 2. The molecule has 0 amide bonds. The third kappa shape index (κ3) is 2.30. The number of halogens is 4. The molecule has 0 saturated carbocycles. The third-order valence-electron chi connectivity index (χ3n) is 7.36. The minimum Gasteiger partial charge on any atom is -0.389 e. The highest BCUT2D eigenvalue weighted by Gasteiger charge is 2.56. The highest BCUT2D eigenvalue weighted by molar-refractivity contribution is 6.54. The summed E-state index contributed by atoms with van der Waals surface area (Å²) in [4.78, 5) is 50.8. The van der Waals surface area contributed by atoms with Crippen molar-refractivity contribution in [3.8, 4) is 0 Å². The molecule has 2 aliphatic carbocycles. The van der Waals surface area contributed by atoms with Gasteiger partial charge in [-0.1, -0.05) is 46.4 Å². The first-order valence-electron chi connectivity index (χ1n) is 10.3. The highest BCUT2D eigenvalue weighted by Crippen LogP contribution is 2.56. The van der Waals surface area contributed by atoms with Crippen molar-refractivity contribution in [3.63, 3.8) is 0 Å². The predicted molar refractivity (Wildman–Crippen MR) is 130 cm³/mol. The molecule has 7 rings (SSSR count). The van der Waals surface area contributed by atoms with Gasteiger partial charge in [-0.05, 0) is 36.8 Å². The zero-order chi connectivity index (χ0) is 24.7. The summed E-state index contributed by atoms with van der Waals surface area (Å²) >= 11 is 27.0. The van der Waals surface area contributed by atoms with E-state index in [1.807, 2.05) is 0 Å². The lowest BCUT2D eigenvalue weighted by Gasteiger charge is -2.45. The average Bonchev–Trinajstić information content (AvgIpc) is 2.79. The van der Waals surface area contributed by atoms with Crippen molar-refractivity contribution >= 4 is 102 Å². The van der Waals surface area contributed by atoms with Crippen LogP contribution in [0.1, 0.15) is 38.8 Å². The van der Waals surface area contributed by atoms with Gasteiger partial charge in [0.15, 0.2) is 0 Å². The van der Waals surface area contributed by atoms with Crippen LogP contribution in [0.15, 0.2) is 29.9 Å². The monoisotopic (exact) mass is 544 g/mol.